The molecular weight excluding hydrogens is 675 g/mol. The number of hydrogen-bond acceptors (Lipinski definition) is 3. The fraction of sp³-hybridized carbons (Fsp3) is 0.111. The fourth-order valence-electron chi connectivity index (χ4n) is 2.04. The molecule has 0 spiro atoms. The number of halogens is 3. The molecule has 26 heavy (non-hydrogen) atoms. The molecule has 2 rings (SSSR count). The molecule has 2 N–H and O–H groups in total. The highest BCUT2D eigenvalue weighted by molar-refractivity contribution is 14.1. The maximum atomic E-state index is 11.2. The van der Waals surface area contributed by atoms with Gasteiger partial charge < -0.3 is 15.2 Å². The number of carbonyl (C=O) groups is 2. The van der Waals surface area contributed by atoms with Gasteiger partial charge in [-0.15, -0.1) is 0 Å². The average molecular weight is 689 g/mol. The number of carboxylic acid groups (broad SMARTS) is 1. The van der Waals surface area contributed by atoms with Gasteiger partial charge in [0.25, 0.3) is 0 Å². The molecule has 0 fully saturated rings. The minimum absolute atomic E-state index is 0.170. The molecule has 5 nitrogen and oxygen atoms in total. The van der Waals surface area contributed by atoms with Crippen molar-refractivity contribution in [2.45, 2.75) is 13.5 Å². The van der Waals surface area contributed by atoms with Crippen LogP contribution >= 0.6 is 67.8 Å². The van der Waals surface area contributed by atoms with E-state index in [1.807, 2.05) is 36.4 Å². The first-order valence-electron chi connectivity index (χ1n) is 7.35. The molecule has 0 atom stereocenters. The first-order chi connectivity index (χ1) is 12.3. The third-order valence-corrected chi connectivity index (χ3v) is 5.49. The van der Waals surface area contributed by atoms with Crippen LogP contribution in [0.3, 0.4) is 0 Å². The topological polar surface area (TPSA) is 75.6 Å². The van der Waals surface area contributed by atoms with Crippen molar-refractivity contribution in [1.82, 2.24) is 5.32 Å². The van der Waals surface area contributed by atoms with Crippen LogP contribution in [0.15, 0.2) is 42.1 Å². The minimum atomic E-state index is -1.19. The second-order valence-corrected chi connectivity index (χ2v) is 8.84. The third-order valence-electron chi connectivity index (χ3n) is 3.17. The van der Waals surface area contributed by atoms with Gasteiger partial charge in [-0.1, -0.05) is 12.1 Å². The molecule has 0 saturated heterocycles. The standard InChI is InChI=1S/C18H14I3NO4/c1-10(23)22-16(18(24)25)8-12-6-14(20)17(15(21)7-12)26-9-11-2-4-13(19)5-3-11/h2-8H,9H2,1H3,(H,22,23)(H,24,25). The summed E-state index contributed by atoms with van der Waals surface area (Å²) in [6.07, 6.45) is 1.43. The summed E-state index contributed by atoms with van der Waals surface area (Å²) < 4.78 is 8.83. The van der Waals surface area contributed by atoms with Gasteiger partial charge >= 0.3 is 5.97 Å². The van der Waals surface area contributed by atoms with Crippen molar-refractivity contribution in [3.8, 4) is 5.75 Å². The van der Waals surface area contributed by atoms with Crippen LogP contribution in [0, 0.1) is 10.7 Å². The third kappa shape index (κ3) is 6.37. The Balaban J connectivity index is 2.22. The number of carboxylic acids is 1. The molecule has 0 aliphatic rings. The van der Waals surface area contributed by atoms with Gasteiger partial charge in [-0.25, -0.2) is 4.79 Å². The van der Waals surface area contributed by atoms with Gasteiger partial charge in [-0.05, 0) is 109 Å². The highest BCUT2D eigenvalue weighted by atomic mass is 127. The van der Waals surface area contributed by atoms with Crippen molar-refractivity contribution in [1.29, 1.82) is 0 Å². The van der Waals surface area contributed by atoms with E-state index in [0.29, 0.717) is 12.2 Å². The van der Waals surface area contributed by atoms with E-state index >= 15 is 0 Å². The smallest absolute Gasteiger partial charge is 0.352 e. The summed E-state index contributed by atoms with van der Waals surface area (Å²) in [5.74, 6) is -0.872. The summed E-state index contributed by atoms with van der Waals surface area (Å²) in [5.41, 5.74) is 1.57. The summed E-state index contributed by atoms with van der Waals surface area (Å²) >= 11 is 6.56. The summed E-state index contributed by atoms with van der Waals surface area (Å²) in [5, 5.41) is 11.5. The molecule has 0 aliphatic heterocycles. The van der Waals surface area contributed by atoms with Crippen LogP contribution in [-0.4, -0.2) is 17.0 Å². The van der Waals surface area contributed by atoms with E-state index in [2.05, 4.69) is 73.1 Å². The first-order valence-corrected chi connectivity index (χ1v) is 10.6. The lowest BCUT2D eigenvalue weighted by atomic mass is 10.2. The van der Waals surface area contributed by atoms with Gasteiger partial charge in [-0.2, -0.15) is 0 Å². The van der Waals surface area contributed by atoms with E-state index in [-0.39, 0.29) is 5.70 Å². The molecule has 0 aliphatic carbocycles. The number of ether oxygens (including phenoxy) is 1. The molecule has 0 aromatic heterocycles. The van der Waals surface area contributed by atoms with Crippen molar-refractivity contribution in [3.05, 3.63) is 63.9 Å². The van der Waals surface area contributed by atoms with Crippen LogP contribution in [0.5, 0.6) is 5.75 Å². The molecule has 0 unspecified atom stereocenters. The summed E-state index contributed by atoms with van der Waals surface area (Å²) in [6.45, 7) is 1.72. The number of amides is 1. The van der Waals surface area contributed by atoms with Gasteiger partial charge in [0, 0.05) is 10.5 Å². The van der Waals surface area contributed by atoms with Crippen LogP contribution in [0.2, 0.25) is 0 Å². The largest absolute Gasteiger partial charge is 0.487 e. The number of benzene rings is 2. The Hall–Kier alpha value is -0.890. The van der Waals surface area contributed by atoms with Crippen LogP contribution in [0.1, 0.15) is 18.1 Å². The van der Waals surface area contributed by atoms with E-state index in [1.165, 1.54) is 16.6 Å². The van der Waals surface area contributed by atoms with Gasteiger partial charge in [0.2, 0.25) is 5.91 Å². The molecule has 8 heteroatoms. The Bertz CT molecular complexity index is 840. The molecular formula is C18H14I3NO4. The number of rotatable bonds is 6. The second-order valence-electron chi connectivity index (χ2n) is 5.27. The minimum Gasteiger partial charge on any atom is -0.487 e. The van der Waals surface area contributed by atoms with Gasteiger partial charge in [-0.3, -0.25) is 4.79 Å². The monoisotopic (exact) mass is 689 g/mol. The van der Waals surface area contributed by atoms with Crippen molar-refractivity contribution in [2.24, 2.45) is 0 Å². The molecule has 0 radical (unpaired) electrons. The Labute approximate surface area is 192 Å². The zero-order chi connectivity index (χ0) is 19.3. The van der Waals surface area contributed by atoms with Gasteiger partial charge in [0.1, 0.15) is 18.1 Å². The average Bonchev–Trinajstić information content (AvgIpc) is 2.54. The first kappa shape index (κ1) is 21.4. The zero-order valence-corrected chi connectivity index (χ0v) is 20.0. The Morgan fingerprint density at radius 1 is 1.12 bits per heavy atom. The highest BCUT2D eigenvalue weighted by Crippen LogP contribution is 2.30. The lowest BCUT2D eigenvalue weighted by molar-refractivity contribution is -0.134. The Kier molecular flexibility index (Phi) is 8.13. The van der Waals surface area contributed by atoms with Crippen molar-refractivity contribution in [3.63, 3.8) is 0 Å². The predicted molar refractivity (Wildman–Crippen MR) is 125 cm³/mol. The second kappa shape index (κ2) is 9.88. The Morgan fingerprint density at radius 3 is 2.19 bits per heavy atom. The SMILES string of the molecule is CC(=O)NC(=Cc1cc(I)c(OCc2ccc(I)cc2)c(I)c1)C(=O)O. The lowest BCUT2D eigenvalue weighted by Crippen LogP contribution is -2.24. The molecule has 0 heterocycles. The Morgan fingerprint density at radius 2 is 1.69 bits per heavy atom. The number of aliphatic carboxylic acids is 1. The number of nitrogens with one attached hydrogen (secondary N) is 1. The van der Waals surface area contributed by atoms with Crippen LogP contribution in [-0.2, 0) is 16.2 Å². The van der Waals surface area contributed by atoms with E-state index in [4.69, 9.17) is 4.74 Å². The van der Waals surface area contributed by atoms with Crippen molar-refractivity contribution >= 4 is 85.7 Å². The normalized spacial score (nSPS) is 11.2. The van der Waals surface area contributed by atoms with Crippen molar-refractivity contribution in [2.75, 3.05) is 0 Å². The molecule has 0 saturated carbocycles. The van der Waals surface area contributed by atoms with Crippen LogP contribution in [0.4, 0.5) is 0 Å². The van der Waals surface area contributed by atoms with Crippen molar-refractivity contribution < 1.29 is 19.4 Å². The van der Waals surface area contributed by atoms with E-state index in [1.54, 1.807) is 0 Å². The van der Waals surface area contributed by atoms with E-state index in [9.17, 15) is 14.7 Å². The molecule has 0 bridgehead atoms. The van der Waals surface area contributed by atoms with Crippen LogP contribution < -0.4 is 10.1 Å². The zero-order valence-electron chi connectivity index (χ0n) is 13.6. The van der Waals surface area contributed by atoms with E-state index in [0.717, 1.165) is 18.5 Å². The maximum Gasteiger partial charge on any atom is 0.352 e. The fourth-order valence-corrected chi connectivity index (χ4v) is 4.53. The maximum absolute atomic E-state index is 11.2. The number of hydrogen-bond donors (Lipinski definition) is 2. The highest BCUT2D eigenvalue weighted by Gasteiger charge is 2.12. The molecule has 2 aromatic rings. The molecule has 2 aromatic carbocycles. The van der Waals surface area contributed by atoms with Crippen LogP contribution in [0.25, 0.3) is 6.08 Å². The molecule has 1 amide bonds. The van der Waals surface area contributed by atoms with Gasteiger partial charge in [0.15, 0.2) is 0 Å². The lowest BCUT2D eigenvalue weighted by Gasteiger charge is -2.12. The molecule has 136 valence electrons. The van der Waals surface area contributed by atoms with E-state index < -0.39 is 11.9 Å². The summed E-state index contributed by atoms with van der Waals surface area (Å²) in [4.78, 5) is 22.4. The predicted octanol–water partition coefficient (Wildman–Crippen LogP) is 4.64. The van der Waals surface area contributed by atoms with Gasteiger partial charge in [0.05, 0.1) is 7.14 Å². The number of carbonyl (C=O) groups excluding carboxylic acids is 1. The summed E-state index contributed by atoms with van der Waals surface area (Å²) in [6, 6.07) is 11.7. The summed E-state index contributed by atoms with van der Waals surface area (Å²) in [7, 11) is 0. The quantitative estimate of drug-likeness (QED) is 0.343.